The maximum absolute atomic E-state index is 12.1. The van der Waals surface area contributed by atoms with Gasteiger partial charge in [-0.05, 0) is 42.7 Å². The van der Waals surface area contributed by atoms with Crippen molar-refractivity contribution in [1.29, 1.82) is 0 Å². The van der Waals surface area contributed by atoms with E-state index in [1.54, 1.807) is 12.3 Å². The maximum atomic E-state index is 12.1. The topological polar surface area (TPSA) is 39.8 Å². The number of nitrogens with zero attached hydrogens (tertiary/aromatic N) is 3. The summed E-state index contributed by atoms with van der Waals surface area (Å²) in [7, 11) is 0. The highest BCUT2D eigenvalue weighted by Crippen LogP contribution is 2.43. The van der Waals surface area contributed by atoms with Gasteiger partial charge in [0.15, 0.2) is 5.82 Å². The highest BCUT2D eigenvalue weighted by molar-refractivity contribution is 5.20. The SMILES string of the molecule is O=c1ccn(-c2ccccn2)n1C[C@H]1C[C@H]2C=C[C@@H]1C2. The molecule has 0 saturated heterocycles. The van der Waals surface area contributed by atoms with Crippen LogP contribution in [0.15, 0.2) is 53.6 Å². The predicted molar refractivity (Wildman–Crippen MR) is 76.7 cm³/mol. The lowest BCUT2D eigenvalue weighted by molar-refractivity contribution is 0.344. The summed E-state index contributed by atoms with van der Waals surface area (Å²) in [4.78, 5) is 16.4. The molecule has 2 aliphatic carbocycles. The number of allylic oxidation sites excluding steroid dienone is 2. The van der Waals surface area contributed by atoms with Gasteiger partial charge < -0.3 is 0 Å². The summed E-state index contributed by atoms with van der Waals surface area (Å²) in [6, 6.07) is 7.38. The van der Waals surface area contributed by atoms with Crippen molar-refractivity contribution in [3.63, 3.8) is 0 Å². The van der Waals surface area contributed by atoms with Gasteiger partial charge in [-0.1, -0.05) is 18.2 Å². The fourth-order valence-corrected chi connectivity index (χ4v) is 3.60. The molecular formula is C16H17N3O. The van der Waals surface area contributed by atoms with Crippen LogP contribution in [0.2, 0.25) is 0 Å². The number of hydrogen-bond donors (Lipinski definition) is 0. The molecule has 2 bridgehead atoms. The molecule has 20 heavy (non-hydrogen) atoms. The van der Waals surface area contributed by atoms with E-state index >= 15 is 0 Å². The lowest BCUT2D eigenvalue weighted by atomic mass is 9.94. The molecule has 2 aromatic heterocycles. The zero-order valence-electron chi connectivity index (χ0n) is 11.2. The monoisotopic (exact) mass is 267 g/mol. The Bertz CT molecular complexity index is 698. The van der Waals surface area contributed by atoms with Crippen LogP contribution in [-0.2, 0) is 6.54 Å². The minimum Gasteiger partial charge on any atom is -0.268 e. The minimum absolute atomic E-state index is 0.0578. The number of rotatable bonds is 3. The molecule has 4 nitrogen and oxygen atoms in total. The largest absolute Gasteiger partial charge is 0.268 e. The van der Waals surface area contributed by atoms with E-state index in [4.69, 9.17) is 0 Å². The average molecular weight is 267 g/mol. The fourth-order valence-electron chi connectivity index (χ4n) is 3.60. The van der Waals surface area contributed by atoms with Gasteiger partial charge in [-0.3, -0.25) is 4.79 Å². The Morgan fingerprint density at radius 1 is 1.20 bits per heavy atom. The molecule has 0 amide bonds. The molecule has 0 aliphatic heterocycles. The van der Waals surface area contributed by atoms with E-state index in [-0.39, 0.29) is 5.56 Å². The molecule has 4 heteroatoms. The zero-order valence-corrected chi connectivity index (χ0v) is 11.2. The van der Waals surface area contributed by atoms with Crippen molar-refractivity contribution in [2.75, 3.05) is 0 Å². The van der Waals surface area contributed by atoms with Crippen molar-refractivity contribution in [3.8, 4) is 5.82 Å². The third-order valence-electron chi connectivity index (χ3n) is 4.58. The first kappa shape index (κ1) is 11.7. The second-order valence-electron chi connectivity index (χ2n) is 5.81. The van der Waals surface area contributed by atoms with Gasteiger partial charge in [0, 0.05) is 25.0 Å². The van der Waals surface area contributed by atoms with Gasteiger partial charge >= 0.3 is 0 Å². The Labute approximate surface area is 117 Å². The van der Waals surface area contributed by atoms with E-state index in [0.717, 1.165) is 18.3 Å². The molecule has 1 saturated carbocycles. The summed E-state index contributed by atoms with van der Waals surface area (Å²) in [5.41, 5.74) is 0.0578. The Balaban J connectivity index is 1.67. The maximum Gasteiger partial charge on any atom is 0.266 e. The smallest absolute Gasteiger partial charge is 0.266 e. The number of fused-ring (bicyclic) bond motifs is 2. The normalized spacial score (nSPS) is 27.3. The van der Waals surface area contributed by atoms with Crippen molar-refractivity contribution < 1.29 is 0 Å². The summed E-state index contributed by atoms with van der Waals surface area (Å²) in [6.45, 7) is 0.786. The number of hydrogen-bond acceptors (Lipinski definition) is 2. The van der Waals surface area contributed by atoms with Crippen molar-refractivity contribution in [2.45, 2.75) is 19.4 Å². The Hall–Kier alpha value is -2.10. The molecule has 0 unspecified atom stereocenters. The second kappa shape index (κ2) is 4.47. The molecule has 0 N–H and O–H groups in total. The summed E-state index contributed by atoms with van der Waals surface area (Å²) in [5.74, 6) is 2.77. The van der Waals surface area contributed by atoms with Gasteiger partial charge in [-0.25, -0.2) is 14.3 Å². The van der Waals surface area contributed by atoms with Gasteiger partial charge in [0.1, 0.15) is 0 Å². The summed E-state index contributed by atoms with van der Waals surface area (Å²) < 4.78 is 3.69. The zero-order chi connectivity index (χ0) is 13.5. The highest BCUT2D eigenvalue weighted by Gasteiger charge is 2.36. The van der Waals surface area contributed by atoms with Crippen LogP contribution < -0.4 is 5.56 Å². The van der Waals surface area contributed by atoms with E-state index in [9.17, 15) is 4.79 Å². The molecule has 102 valence electrons. The van der Waals surface area contributed by atoms with Crippen molar-refractivity contribution in [2.24, 2.45) is 17.8 Å². The summed E-state index contributed by atoms with van der Waals surface area (Å²) in [5, 5.41) is 0. The lowest BCUT2D eigenvalue weighted by Crippen LogP contribution is -2.27. The lowest BCUT2D eigenvalue weighted by Gasteiger charge is -2.20. The fraction of sp³-hybridized carbons (Fsp3) is 0.375. The third-order valence-corrected chi connectivity index (χ3v) is 4.58. The number of pyridine rings is 1. The van der Waals surface area contributed by atoms with Crippen LogP contribution >= 0.6 is 0 Å². The Morgan fingerprint density at radius 2 is 2.15 bits per heavy atom. The van der Waals surface area contributed by atoms with E-state index in [1.165, 1.54) is 12.8 Å². The molecule has 2 heterocycles. The van der Waals surface area contributed by atoms with Crippen molar-refractivity contribution >= 4 is 0 Å². The Morgan fingerprint density at radius 3 is 2.85 bits per heavy atom. The first-order chi connectivity index (χ1) is 9.81. The van der Waals surface area contributed by atoms with Gasteiger partial charge in [-0.15, -0.1) is 0 Å². The summed E-state index contributed by atoms with van der Waals surface area (Å²) in [6.07, 6.45) is 10.7. The molecular weight excluding hydrogens is 250 g/mol. The van der Waals surface area contributed by atoms with Gasteiger partial charge in [0.05, 0.1) is 0 Å². The molecule has 2 aromatic rings. The van der Waals surface area contributed by atoms with Crippen LogP contribution in [0.4, 0.5) is 0 Å². The third kappa shape index (κ3) is 1.83. The average Bonchev–Trinajstić information content (AvgIpc) is 3.17. The molecule has 3 atom stereocenters. The van der Waals surface area contributed by atoms with E-state index in [2.05, 4.69) is 17.1 Å². The minimum atomic E-state index is 0.0578. The van der Waals surface area contributed by atoms with E-state index in [0.29, 0.717) is 11.8 Å². The molecule has 2 aliphatic rings. The van der Waals surface area contributed by atoms with Crippen LogP contribution in [0.25, 0.3) is 5.82 Å². The quantitative estimate of drug-likeness (QED) is 0.800. The van der Waals surface area contributed by atoms with Gasteiger partial charge in [0.2, 0.25) is 0 Å². The van der Waals surface area contributed by atoms with Crippen LogP contribution in [0.1, 0.15) is 12.8 Å². The number of aromatic nitrogens is 3. The Kier molecular flexibility index (Phi) is 2.62. The molecule has 0 spiro atoms. The van der Waals surface area contributed by atoms with Crippen molar-refractivity contribution in [1.82, 2.24) is 14.3 Å². The first-order valence-electron chi connectivity index (χ1n) is 7.19. The molecule has 4 rings (SSSR count). The predicted octanol–water partition coefficient (Wildman–Crippen LogP) is 2.25. The standard InChI is InChI=1S/C16H17N3O/c20-16-6-8-18(15-3-1-2-7-17-15)19(16)11-14-10-12-4-5-13(14)9-12/h1-8,12-14H,9-11H2/t12-,13+,14+/m0/s1. The molecule has 0 radical (unpaired) electrons. The summed E-state index contributed by atoms with van der Waals surface area (Å²) >= 11 is 0. The first-order valence-corrected chi connectivity index (χ1v) is 7.19. The molecule has 0 aromatic carbocycles. The van der Waals surface area contributed by atoms with Crippen LogP contribution in [-0.4, -0.2) is 14.3 Å². The van der Waals surface area contributed by atoms with Crippen LogP contribution in [0, 0.1) is 17.8 Å². The van der Waals surface area contributed by atoms with Crippen molar-refractivity contribution in [3.05, 3.63) is 59.2 Å². The molecule has 1 fully saturated rings. The van der Waals surface area contributed by atoms with Crippen LogP contribution in [0.3, 0.4) is 0 Å². The second-order valence-corrected chi connectivity index (χ2v) is 5.81. The van der Waals surface area contributed by atoms with E-state index in [1.807, 2.05) is 33.8 Å². The highest BCUT2D eigenvalue weighted by atomic mass is 16.1. The van der Waals surface area contributed by atoms with E-state index < -0.39 is 0 Å². The van der Waals surface area contributed by atoms with Crippen LogP contribution in [0.5, 0.6) is 0 Å². The van der Waals surface area contributed by atoms with Gasteiger partial charge in [0.25, 0.3) is 5.56 Å². The van der Waals surface area contributed by atoms with Gasteiger partial charge in [-0.2, -0.15) is 0 Å².